The van der Waals surface area contributed by atoms with E-state index in [1.807, 2.05) is 13.8 Å². The first-order valence-electron chi connectivity index (χ1n) is 6.85. The van der Waals surface area contributed by atoms with Crippen LogP contribution in [0.25, 0.3) is 0 Å². The number of anilines is 1. The molecule has 1 fully saturated rings. The van der Waals surface area contributed by atoms with Gasteiger partial charge in [-0.05, 0) is 26.7 Å². The highest BCUT2D eigenvalue weighted by Gasteiger charge is 2.27. The van der Waals surface area contributed by atoms with E-state index in [0.29, 0.717) is 5.15 Å². The third-order valence-corrected chi connectivity index (χ3v) is 4.19. The average molecular weight is 268 g/mol. The second kappa shape index (κ2) is 5.43. The number of rotatable bonds is 3. The molecule has 0 unspecified atom stereocenters. The SMILES string of the molecule is CCc1nc(Cl)c(C)c(NC2(C)CCCCC2)n1. The van der Waals surface area contributed by atoms with Gasteiger partial charge in [0.05, 0.1) is 0 Å². The molecule has 0 atom stereocenters. The molecule has 1 aromatic heterocycles. The van der Waals surface area contributed by atoms with Gasteiger partial charge in [-0.3, -0.25) is 0 Å². The highest BCUT2D eigenvalue weighted by atomic mass is 35.5. The van der Waals surface area contributed by atoms with Crippen molar-refractivity contribution in [3.05, 3.63) is 16.5 Å². The molecule has 0 amide bonds. The zero-order valence-corrected chi connectivity index (χ0v) is 12.3. The summed E-state index contributed by atoms with van der Waals surface area (Å²) < 4.78 is 0. The molecule has 0 aliphatic heterocycles. The van der Waals surface area contributed by atoms with Crippen LogP contribution in [0, 0.1) is 6.92 Å². The van der Waals surface area contributed by atoms with Gasteiger partial charge in [0.1, 0.15) is 16.8 Å². The van der Waals surface area contributed by atoms with Gasteiger partial charge in [0, 0.05) is 17.5 Å². The molecule has 1 aliphatic rings. The Balaban J connectivity index is 2.24. The number of nitrogens with zero attached hydrogens (tertiary/aromatic N) is 2. The first kappa shape index (κ1) is 13.6. The van der Waals surface area contributed by atoms with Gasteiger partial charge < -0.3 is 5.32 Å². The molecule has 0 bridgehead atoms. The molecule has 0 spiro atoms. The largest absolute Gasteiger partial charge is 0.365 e. The van der Waals surface area contributed by atoms with Crippen molar-refractivity contribution in [3.63, 3.8) is 0 Å². The summed E-state index contributed by atoms with van der Waals surface area (Å²) in [5.41, 5.74) is 1.12. The monoisotopic (exact) mass is 267 g/mol. The summed E-state index contributed by atoms with van der Waals surface area (Å²) >= 11 is 6.17. The van der Waals surface area contributed by atoms with Crippen molar-refractivity contribution in [1.29, 1.82) is 0 Å². The first-order valence-corrected chi connectivity index (χ1v) is 7.23. The van der Waals surface area contributed by atoms with Crippen molar-refractivity contribution in [2.45, 2.75) is 64.8 Å². The minimum absolute atomic E-state index is 0.158. The van der Waals surface area contributed by atoms with Crippen LogP contribution in [0.4, 0.5) is 5.82 Å². The topological polar surface area (TPSA) is 37.8 Å². The molecule has 0 aromatic carbocycles. The molecular weight excluding hydrogens is 246 g/mol. The molecule has 18 heavy (non-hydrogen) atoms. The predicted molar refractivity (Wildman–Crippen MR) is 76.3 cm³/mol. The molecule has 1 aromatic rings. The molecule has 1 aliphatic carbocycles. The van der Waals surface area contributed by atoms with Crippen molar-refractivity contribution in [1.82, 2.24) is 9.97 Å². The van der Waals surface area contributed by atoms with E-state index in [1.165, 1.54) is 32.1 Å². The maximum atomic E-state index is 6.17. The fourth-order valence-electron chi connectivity index (χ4n) is 2.56. The molecule has 100 valence electrons. The Bertz CT molecular complexity index is 425. The lowest BCUT2D eigenvalue weighted by molar-refractivity contribution is 0.348. The number of nitrogens with one attached hydrogen (secondary N) is 1. The van der Waals surface area contributed by atoms with Crippen LogP contribution in [0.2, 0.25) is 5.15 Å². The summed E-state index contributed by atoms with van der Waals surface area (Å²) in [6.07, 6.45) is 7.15. The van der Waals surface area contributed by atoms with Gasteiger partial charge in [-0.1, -0.05) is 37.8 Å². The van der Waals surface area contributed by atoms with E-state index in [0.717, 1.165) is 23.6 Å². The fourth-order valence-corrected chi connectivity index (χ4v) is 2.74. The predicted octanol–water partition coefficient (Wildman–Crippen LogP) is 4.14. The van der Waals surface area contributed by atoms with Gasteiger partial charge in [0.2, 0.25) is 0 Å². The number of hydrogen-bond donors (Lipinski definition) is 1. The molecular formula is C14H22ClN3. The van der Waals surface area contributed by atoms with E-state index >= 15 is 0 Å². The van der Waals surface area contributed by atoms with Gasteiger partial charge in [0.25, 0.3) is 0 Å². The molecule has 1 saturated carbocycles. The third kappa shape index (κ3) is 2.94. The van der Waals surface area contributed by atoms with E-state index in [4.69, 9.17) is 11.6 Å². The summed E-state index contributed by atoms with van der Waals surface area (Å²) in [6.45, 7) is 6.32. The van der Waals surface area contributed by atoms with Gasteiger partial charge >= 0.3 is 0 Å². The number of hydrogen-bond acceptors (Lipinski definition) is 3. The Morgan fingerprint density at radius 1 is 1.22 bits per heavy atom. The number of aromatic nitrogens is 2. The van der Waals surface area contributed by atoms with Crippen molar-refractivity contribution in [2.24, 2.45) is 0 Å². The Labute approximate surface area is 114 Å². The normalized spacial score (nSPS) is 18.7. The van der Waals surface area contributed by atoms with Gasteiger partial charge in [-0.2, -0.15) is 0 Å². The molecule has 1 N–H and O–H groups in total. The summed E-state index contributed by atoms with van der Waals surface area (Å²) in [7, 11) is 0. The maximum absolute atomic E-state index is 6.17. The van der Waals surface area contributed by atoms with E-state index in [1.54, 1.807) is 0 Å². The van der Waals surface area contributed by atoms with E-state index < -0.39 is 0 Å². The Hall–Kier alpha value is -0.830. The minimum Gasteiger partial charge on any atom is -0.365 e. The molecule has 2 rings (SSSR count). The fraction of sp³-hybridized carbons (Fsp3) is 0.714. The summed E-state index contributed by atoms with van der Waals surface area (Å²) in [6, 6.07) is 0. The Morgan fingerprint density at radius 2 is 1.89 bits per heavy atom. The van der Waals surface area contributed by atoms with Gasteiger partial charge in [-0.25, -0.2) is 9.97 Å². The van der Waals surface area contributed by atoms with Crippen molar-refractivity contribution < 1.29 is 0 Å². The summed E-state index contributed by atoms with van der Waals surface area (Å²) in [5.74, 6) is 1.73. The van der Waals surface area contributed by atoms with Gasteiger partial charge in [-0.15, -0.1) is 0 Å². The molecule has 0 radical (unpaired) electrons. The summed E-state index contributed by atoms with van der Waals surface area (Å²) in [4.78, 5) is 8.87. The van der Waals surface area contributed by atoms with Crippen LogP contribution in [0.3, 0.4) is 0 Å². The second-order valence-corrected chi connectivity index (χ2v) is 5.86. The van der Waals surface area contributed by atoms with Crippen LogP contribution in [-0.2, 0) is 6.42 Å². The van der Waals surface area contributed by atoms with Gasteiger partial charge in [0.15, 0.2) is 0 Å². The summed E-state index contributed by atoms with van der Waals surface area (Å²) in [5, 5.41) is 4.18. The van der Waals surface area contributed by atoms with Crippen molar-refractivity contribution >= 4 is 17.4 Å². The zero-order valence-electron chi connectivity index (χ0n) is 11.5. The molecule has 3 nitrogen and oxygen atoms in total. The Morgan fingerprint density at radius 3 is 2.50 bits per heavy atom. The molecule has 0 saturated heterocycles. The van der Waals surface area contributed by atoms with Crippen LogP contribution in [-0.4, -0.2) is 15.5 Å². The lowest BCUT2D eigenvalue weighted by atomic mass is 9.83. The van der Waals surface area contributed by atoms with E-state index in [9.17, 15) is 0 Å². The van der Waals surface area contributed by atoms with Crippen LogP contribution >= 0.6 is 11.6 Å². The molecule has 4 heteroatoms. The lowest BCUT2D eigenvalue weighted by Crippen LogP contribution is -2.37. The average Bonchev–Trinajstić information content (AvgIpc) is 2.35. The standard InChI is InChI=1S/C14H22ClN3/c1-4-11-16-12(15)10(2)13(17-11)18-14(3)8-6-5-7-9-14/h4-9H2,1-3H3,(H,16,17,18). The maximum Gasteiger partial charge on any atom is 0.137 e. The van der Waals surface area contributed by atoms with E-state index in [2.05, 4.69) is 22.2 Å². The number of halogens is 1. The highest BCUT2D eigenvalue weighted by molar-refractivity contribution is 6.30. The van der Waals surface area contributed by atoms with E-state index in [-0.39, 0.29) is 5.54 Å². The highest BCUT2D eigenvalue weighted by Crippen LogP contribution is 2.32. The van der Waals surface area contributed by atoms with Crippen LogP contribution < -0.4 is 5.32 Å². The first-order chi connectivity index (χ1) is 8.54. The van der Waals surface area contributed by atoms with Crippen LogP contribution in [0.5, 0.6) is 0 Å². The van der Waals surface area contributed by atoms with Crippen LogP contribution in [0.15, 0.2) is 0 Å². The van der Waals surface area contributed by atoms with Crippen LogP contribution in [0.1, 0.15) is 57.3 Å². The smallest absolute Gasteiger partial charge is 0.137 e. The number of aryl methyl sites for hydroxylation is 1. The quantitative estimate of drug-likeness (QED) is 0.837. The minimum atomic E-state index is 0.158. The third-order valence-electron chi connectivity index (χ3n) is 3.83. The van der Waals surface area contributed by atoms with Crippen molar-refractivity contribution in [2.75, 3.05) is 5.32 Å². The lowest BCUT2D eigenvalue weighted by Gasteiger charge is -2.35. The van der Waals surface area contributed by atoms with Crippen molar-refractivity contribution in [3.8, 4) is 0 Å². The molecule has 1 heterocycles. The zero-order chi connectivity index (χ0) is 13.2. The Kier molecular flexibility index (Phi) is 4.10. The second-order valence-electron chi connectivity index (χ2n) is 5.50.